The zero-order valence-electron chi connectivity index (χ0n) is 12.0. The van der Waals surface area contributed by atoms with Crippen LogP contribution in [0.2, 0.25) is 0 Å². The summed E-state index contributed by atoms with van der Waals surface area (Å²) in [4.78, 5) is 3.27. The van der Waals surface area contributed by atoms with E-state index in [9.17, 15) is 0 Å². The first kappa shape index (κ1) is 13.7. The standard InChI is InChI=1S/C18H20N2O/c19-10-8-15-13-20-18-7-6-16(12-17(15)18)21-11-9-14-4-2-1-3-5-14/h1-7,12-13,20H,8-11,19H2. The van der Waals surface area contributed by atoms with Gasteiger partial charge in [0.05, 0.1) is 6.61 Å². The molecule has 0 unspecified atom stereocenters. The van der Waals surface area contributed by atoms with E-state index < -0.39 is 0 Å². The van der Waals surface area contributed by atoms with Gasteiger partial charge < -0.3 is 15.5 Å². The molecule has 1 heterocycles. The third-order valence-corrected chi connectivity index (χ3v) is 3.65. The predicted octanol–water partition coefficient (Wildman–Crippen LogP) is 3.29. The normalized spacial score (nSPS) is 10.9. The van der Waals surface area contributed by atoms with Gasteiger partial charge in [0.1, 0.15) is 5.75 Å². The van der Waals surface area contributed by atoms with E-state index >= 15 is 0 Å². The highest BCUT2D eigenvalue weighted by molar-refractivity contribution is 5.84. The van der Waals surface area contributed by atoms with E-state index in [1.165, 1.54) is 16.5 Å². The molecule has 0 amide bonds. The third-order valence-electron chi connectivity index (χ3n) is 3.65. The lowest BCUT2D eigenvalue weighted by Gasteiger charge is -2.07. The first-order valence-corrected chi connectivity index (χ1v) is 7.33. The molecule has 0 atom stereocenters. The molecule has 0 saturated heterocycles. The molecule has 3 N–H and O–H groups in total. The highest BCUT2D eigenvalue weighted by Crippen LogP contribution is 2.24. The van der Waals surface area contributed by atoms with Crippen molar-refractivity contribution >= 4 is 10.9 Å². The molecule has 3 nitrogen and oxygen atoms in total. The summed E-state index contributed by atoms with van der Waals surface area (Å²) in [5.41, 5.74) is 9.33. The topological polar surface area (TPSA) is 51.0 Å². The Kier molecular flexibility index (Phi) is 4.22. The minimum Gasteiger partial charge on any atom is -0.493 e. The lowest BCUT2D eigenvalue weighted by molar-refractivity contribution is 0.322. The minimum absolute atomic E-state index is 0.659. The van der Waals surface area contributed by atoms with E-state index in [-0.39, 0.29) is 0 Å². The van der Waals surface area contributed by atoms with Crippen molar-refractivity contribution < 1.29 is 4.74 Å². The third kappa shape index (κ3) is 3.26. The summed E-state index contributed by atoms with van der Waals surface area (Å²) in [5, 5.41) is 1.21. The molecule has 108 valence electrons. The molecule has 0 saturated carbocycles. The lowest BCUT2D eigenvalue weighted by atomic mass is 10.1. The molecular formula is C18H20N2O. The fourth-order valence-electron chi connectivity index (χ4n) is 2.54. The average molecular weight is 280 g/mol. The summed E-state index contributed by atoms with van der Waals surface area (Å²) < 4.78 is 5.88. The fourth-order valence-corrected chi connectivity index (χ4v) is 2.54. The molecule has 0 spiro atoms. The Morgan fingerprint density at radius 1 is 1.00 bits per heavy atom. The first-order valence-electron chi connectivity index (χ1n) is 7.33. The molecule has 0 aliphatic rings. The van der Waals surface area contributed by atoms with E-state index in [4.69, 9.17) is 10.5 Å². The molecule has 3 heteroatoms. The minimum atomic E-state index is 0.659. The molecule has 0 radical (unpaired) electrons. The van der Waals surface area contributed by atoms with Crippen molar-refractivity contribution in [3.05, 3.63) is 65.9 Å². The number of rotatable bonds is 6. The van der Waals surface area contributed by atoms with Crippen molar-refractivity contribution in [1.29, 1.82) is 0 Å². The molecule has 0 fully saturated rings. The van der Waals surface area contributed by atoms with Gasteiger partial charge in [-0.05, 0) is 42.3 Å². The summed E-state index contributed by atoms with van der Waals surface area (Å²) in [6.07, 6.45) is 3.83. The summed E-state index contributed by atoms with van der Waals surface area (Å²) in [6, 6.07) is 16.6. The van der Waals surface area contributed by atoms with Gasteiger partial charge in [-0.25, -0.2) is 0 Å². The predicted molar refractivity (Wildman–Crippen MR) is 86.7 cm³/mol. The Hall–Kier alpha value is -2.26. The molecular weight excluding hydrogens is 260 g/mol. The van der Waals surface area contributed by atoms with Crippen molar-refractivity contribution in [3.8, 4) is 5.75 Å². The summed E-state index contributed by atoms with van der Waals surface area (Å²) in [5.74, 6) is 0.913. The van der Waals surface area contributed by atoms with Crippen LogP contribution >= 0.6 is 0 Å². The van der Waals surface area contributed by atoms with Crippen LogP contribution in [0, 0.1) is 0 Å². The Labute approximate surface area is 124 Å². The molecule has 21 heavy (non-hydrogen) atoms. The number of nitrogens with two attached hydrogens (primary N) is 1. The van der Waals surface area contributed by atoms with E-state index in [2.05, 4.69) is 41.4 Å². The van der Waals surface area contributed by atoms with Crippen LogP contribution in [0.5, 0.6) is 5.75 Å². The second-order valence-electron chi connectivity index (χ2n) is 5.14. The molecule has 3 rings (SSSR count). The highest BCUT2D eigenvalue weighted by atomic mass is 16.5. The van der Waals surface area contributed by atoms with Crippen molar-refractivity contribution in [1.82, 2.24) is 4.98 Å². The number of ether oxygens (including phenoxy) is 1. The lowest BCUT2D eigenvalue weighted by Crippen LogP contribution is -2.02. The summed E-state index contributed by atoms with van der Waals surface area (Å²) >= 11 is 0. The maximum absolute atomic E-state index is 5.88. The maximum atomic E-state index is 5.88. The molecule has 0 aliphatic carbocycles. The van der Waals surface area contributed by atoms with Crippen molar-refractivity contribution in [2.75, 3.05) is 13.2 Å². The van der Waals surface area contributed by atoms with Gasteiger partial charge in [-0.15, -0.1) is 0 Å². The van der Waals surface area contributed by atoms with Crippen molar-refractivity contribution in [2.45, 2.75) is 12.8 Å². The molecule has 0 bridgehead atoms. The van der Waals surface area contributed by atoms with Crippen LogP contribution in [0.3, 0.4) is 0 Å². The number of aromatic amines is 1. The highest BCUT2D eigenvalue weighted by Gasteiger charge is 2.04. The molecule has 3 aromatic rings. The van der Waals surface area contributed by atoms with Crippen molar-refractivity contribution in [2.24, 2.45) is 5.73 Å². The number of benzene rings is 2. The van der Waals surface area contributed by atoms with Crippen LogP contribution in [-0.2, 0) is 12.8 Å². The number of hydrogen-bond donors (Lipinski definition) is 2. The molecule has 2 aromatic carbocycles. The molecule has 1 aromatic heterocycles. The smallest absolute Gasteiger partial charge is 0.120 e. The van der Waals surface area contributed by atoms with E-state index in [1.54, 1.807) is 0 Å². The van der Waals surface area contributed by atoms with Gasteiger partial charge >= 0.3 is 0 Å². The Morgan fingerprint density at radius 3 is 2.67 bits per heavy atom. The average Bonchev–Trinajstić information content (AvgIpc) is 2.92. The number of nitrogens with one attached hydrogen (secondary N) is 1. The Bertz CT molecular complexity index is 704. The van der Waals surface area contributed by atoms with Gasteiger partial charge in [0.15, 0.2) is 0 Å². The molecule has 0 aliphatic heterocycles. The Balaban J connectivity index is 1.68. The maximum Gasteiger partial charge on any atom is 0.120 e. The Morgan fingerprint density at radius 2 is 1.86 bits per heavy atom. The summed E-state index contributed by atoms with van der Waals surface area (Å²) in [6.45, 7) is 1.35. The first-order chi connectivity index (χ1) is 10.4. The van der Waals surface area contributed by atoms with Gasteiger partial charge in [-0.2, -0.15) is 0 Å². The zero-order chi connectivity index (χ0) is 14.5. The van der Waals surface area contributed by atoms with Crippen LogP contribution < -0.4 is 10.5 Å². The largest absolute Gasteiger partial charge is 0.493 e. The van der Waals surface area contributed by atoms with Gasteiger partial charge in [-0.3, -0.25) is 0 Å². The van der Waals surface area contributed by atoms with Gasteiger partial charge in [0.2, 0.25) is 0 Å². The van der Waals surface area contributed by atoms with Crippen LogP contribution in [-0.4, -0.2) is 18.1 Å². The second-order valence-corrected chi connectivity index (χ2v) is 5.14. The van der Waals surface area contributed by atoms with E-state index in [0.717, 1.165) is 24.1 Å². The van der Waals surface area contributed by atoms with Crippen LogP contribution in [0.25, 0.3) is 10.9 Å². The SMILES string of the molecule is NCCc1c[nH]c2ccc(OCCc3ccccc3)cc12. The second kappa shape index (κ2) is 6.46. The van der Waals surface area contributed by atoms with Crippen LogP contribution in [0.4, 0.5) is 0 Å². The monoisotopic (exact) mass is 280 g/mol. The van der Waals surface area contributed by atoms with Crippen molar-refractivity contribution in [3.63, 3.8) is 0 Å². The number of hydrogen-bond acceptors (Lipinski definition) is 2. The zero-order valence-corrected chi connectivity index (χ0v) is 12.0. The summed E-state index contributed by atoms with van der Waals surface area (Å²) in [7, 11) is 0. The van der Waals surface area contributed by atoms with E-state index in [0.29, 0.717) is 13.2 Å². The van der Waals surface area contributed by atoms with Crippen LogP contribution in [0.1, 0.15) is 11.1 Å². The quantitative estimate of drug-likeness (QED) is 0.728. The van der Waals surface area contributed by atoms with Gasteiger partial charge in [0.25, 0.3) is 0 Å². The number of aromatic nitrogens is 1. The van der Waals surface area contributed by atoms with Crippen LogP contribution in [0.15, 0.2) is 54.7 Å². The van der Waals surface area contributed by atoms with E-state index in [1.807, 2.05) is 18.3 Å². The fraction of sp³-hybridized carbons (Fsp3) is 0.222. The number of H-pyrrole nitrogens is 1. The van der Waals surface area contributed by atoms with Gasteiger partial charge in [-0.1, -0.05) is 30.3 Å². The van der Waals surface area contributed by atoms with Gasteiger partial charge in [0, 0.05) is 23.5 Å². The number of fused-ring (bicyclic) bond motifs is 1.